The summed E-state index contributed by atoms with van der Waals surface area (Å²) >= 11 is 0. The predicted octanol–water partition coefficient (Wildman–Crippen LogP) is 0.415. The molecule has 0 saturated carbocycles. The molecule has 0 saturated heterocycles. The molecule has 11 heteroatoms. The van der Waals surface area contributed by atoms with Crippen molar-refractivity contribution >= 4 is 23.1 Å². The third kappa shape index (κ3) is 3.87. The van der Waals surface area contributed by atoms with E-state index in [0.29, 0.717) is 0 Å². The van der Waals surface area contributed by atoms with Gasteiger partial charge in [-0.3, -0.25) is 28.8 Å². The van der Waals surface area contributed by atoms with Gasteiger partial charge in [0, 0.05) is 34.2 Å². The van der Waals surface area contributed by atoms with Gasteiger partial charge in [0.25, 0.3) is 17.0 Å². The van der Waals surface area contributed by atoms with Crippen LogP contribution < -0.4 is 21.8 Å². The highest BCUT2D eigenvalue weighted by atomic mass is 16.3. The van der Waals surface area contributed by atoms with Gasteiger partial charge < -0.3 is 20.6 Å². The minimum atomic E-state index is -0.524. The number of hydrogen-bond donors (Lipinski definition) is 4. The van der Waals surface area contributed by atoms with Gasteiger partial charge in [-0.05, 0) is 12.8 Å². The van der Waals surface area contributed by atoms with Crippen LogP contribution in [-0.4, -0.2) is 55.6 Å². The Morgan fingerprint density at radius 2 is 1.79 bits per heavy atom. The van der Waals surface area contributed by atoms with E-state index in [-0.39, 0.29) is 34.8 Å². The summed E-state index contributed by atoms with van der Waals surface area (Å²) in [5.41, 5.74) is -1.11. The van der Waals surface area contributed by atoms with E-state index in [4.69, 9.17) is 0 Å². The van der Waals surface area contributed by atoms with E-state index in [1.807, 2.05) is 20.8 Å². The van der Waals surface area contributed by atoms with Gasteiger partial charge in [0.15, 0.2) is 17.3 Å². The van der Waals surface area contributed by atoms with Crippen molar-refractivity contribution in [3.8, 4) is 5.75 Å². The number of carbonyl (C=O) groups is 1. The van der Waals surface area contributed by atoms with Crippen LogP contribution in [0, 0.1) is 5.92 Å². The minimum Gasteiger partial charge on any atom is -0.503 e. The van der Waals surface area contributed by atoms with E-state index in [1.54, 1.807) is 14.1 Å². The molecule has 1 atom stereocenters. The van der Waals surface area contributed by atoms with Crippen molar-refractivity contribution in [3.05, 3.63) is 26.4 Å². The maximum atomic E-state index is 12.6. The SMILES string of the molecule is CC(C)C(C)Nc1c(Nc2nn(C)c(C(=O)N(C)C)c2O)c(=O)n(C)[nH]c1=O. The number of nitrogens with zero attached hydrogens (tertiary/aromatic N) is 4. The van der Waals surface area contributed by atoms with Crippen LogP contribution in [0.1, 0.15) is 31.3 Å². The average molecular weight is 393 g/mol. The Kier molecular flexibility index (Phi) is 5.86. The minimum absolute atomic E-state index is 0.0369. The van der Waals surface area contributed by atoms with Crippen LogP contribution >= 0.6 is 0 Å². The fourth-order valence-electron chi connectivity index (χ4n) is 2.46. The lowest BCUT2D eigenvalue weighted by Crippen LogP contribution is -2.34. The van der Waals surface area contributed by atoms with Crippen molar-refractivity contribution in [2.24, 2.45) is 20.0 Å². The van der Waals surface area contributed by atoms with Gasteiger partial charge in [0.2, 0.25) is 0 Å². The molecule has 4 N–H and O–H groups in total. The van der Waals surface area contributed by atoms with E-state index in [2.05, 4.69) is 20.8 Å². The quantitative estimate of drug-likeness (QED) is 0.558. The number of H-pyrrole nitrogens is 1. The second-order valence-electron chi connectivity index (χ2n) is 7.23. The molecule has 0 fully saturated rings. The normalized spacial score (nSPS) is 12.1. The lowest BCUT2D eigenvalue weighted by Gasteiger charge is -2.20. The lowest BCUT2D eigenvalue weighted by atomic mass is 10.1. The molecular formula is C17H27N7O4. The van der Waals surface area contributed by atoms with Crippen molar-refractivity contribution in [3.63, 3.8) is 0 Å². The second-order valence-corrected chi connectivity index (χ2v) is 7.23. The summed E-state index contributed by atoms with van der Waals surface area (Å²) in [5, 5.41) is 22.8. The highest BCUT2D eigenvalue weighted by Gasteiger charge is 2.25. The summed E-state index contributed by atoms with van der Waals surface area (Å²) in [7, 11) is 5.99. The topological polar surface area (TPSA) is 137 Å². The first-order chi connectivity index (χ1) is 13.0. The molecule has 0 aliphatic carbocycles. The van der Waals surface area contributed by atoms with Crippen LogP contribution in [0.4, 0.5) is 17.2 Å². The fraction of sp³-hybridized carbons (Fsp3) is 0.529. The molecule has 0 aliphatic heterocycles. The number of hydrogen-bond acceptors (Lipinski definition) is 7. The molecule has 2 rings (SSSR count). The number of carbonyl (C=O) groups excluding carboxylic acids is 1. The summed E-state index contributed by atoms with van der Waals surface area (Å²) < 4.78 is 2.24. The first kappa shape index (κ1) is 21.1. The van der Waals surface area contributed by atoms with E-state index >= 15 is 0 Å². The van der Waals surface area contributed by atoms with Crippen LogP contribution in [-0.2, 0) is 14.1 Å². The predicted molar refractivity (Wildman–Crippen MR) is 106 cm³/mol. The monoisotopic (exact) mass is 393 g/mol. The summed E-state index contributed by atoms with van der Waals surface area (Å²) in [6.07, 6.45) is 0. The van der Waals surface area contributed by atoms with Crippen LogP contribution in [0.2, 0.25) is 0 Å². The Bertz CT molecular complexity index is 1000. The maximum Gasteiger partial charge on any atom is 0.290 e. The molecule has 28 heavy (non-hydrogen) atoms. The van der Waals surface area contributed by atoms with E-state index in [1.165, 1.54) is 23.7 Å². The summed E-state index contributed by atoms with van der Waals surface area (Å²) in [5.74, 6) is -0.767. The molecule has 0 aliphatic rings. The molecule has 0 radical (unpaired) electrons. The molecule has 154 valence electrons. The van der Waals surface area contributed by atoms with Gasteiger partial charge in [-0.2, -0.15) is 5.10 Å². The van der Waals surface area contributed by atoms with Gasteiger partial charge in [0.05, 0.1) is 0 Å². The van der Waals surface area contributed by atoms with Gasteiger partial charge >= 0.3 is 0 Å². The van der Waals surface area contributed by atoms with Gasteiger partial charge in [-0.15, -0.1) is 0 Å². The van der Waals surface area contributed by atoms with Crippen LogP contribution in [0.3, 0.4) is 0 Å². The third-order valence-electron chi connectivity index (χ3n) is 4.51. The van der Waals surface area contributed by atoms with Crippen molar-refractivity contribution in [2.45, 2.75) is 26.8 Å². The Morgan fingerprint density at radius 3 is 2.32 bits per heavy atom. The number of anilines is 3. The lowest BCUT2D eigenvalue weighted by molar-refractivity contribution is 0.0814. The molecule has 2 aromatic rings. The van der Waals surface area contributed by atoms with Crippen LogP contribution in [0.5, 0.6) is 5.75 Å². The van der Waals surface area contributed by atoms with Crippen molar-refractivity contribution in [2.75, 3.05) is 24.7 Å². The van der Waals surface area contributed by atoms with Crippen molar-refractivity contribution in [1.29, 1.82) is 0 Å². The number of aromatic amines is 1. The molecule has 1 unspecified atom stereocenters. The van der Waals surface area contributed by atoms with Gasteiger partial charge in [0.1, 0.15) is 11.4 Å². The molecule has 1 amide bonds. The molecular weight excluding hydrogens is 366 g/mol. The molecule has 2 heterocycles. The van der Waals surface area contributed by atoms with Gasteiger partial charge in [-0.25, -0.2) is 0 Å². The zero-order valence-corrected chi connectivity index (χ0v) is 17.1. The number of aromatic hydroxyl groups is 1. The number of amides is 1. The average Bonchev–Trinajstić information content (AvgIpc) is 2.88. The summed E-state index contributed by atoms with van der Waals surface area (Å²) in [6.45, 7) is 5.84. The molecule has 11 nitrogen and oxygen atoms in total. The molecule has 0 bridgehead atoms. The maximum absolute atomic E-state index is 12.6. The van der Waals surface area contributed by atoms with Gasteiger partial charge in [-0.1, -0.05) is 13.8 Å². The Morgan fingerprint density at radius 1 is 1.18 bits per heavy atom. The van der Waals surface area contributed by atoms with E-state index in [0.717, 1.165) is 4.68 Å². The zero-order chi connectivity index (χ0) is 21.3. The number of rotatable bonds is 6. The van der Waals surface area contributed by atoms with Crippen LogP contribution in [0.25, 0.3) is 0 Å². The van der Waals surface area contributed by atoms with Crippen LogP contribution in [0.15, 0.2) is 9.59 Å². The third-order valence-corrected chi connectivity index (χ3v) is 4.51. The summed E-state index contributed by atoms with van der Waals surface area (Å²) in [4.78, 5) is 38.6. The Balaban J connectivity index is 2.58. The fourth-order valence-corrected chi connectivity index (χ4v) is 2.46. The molecule has 0 spiro atoms. The number of aromatic nitrogens is 4. The van der Waals surface area contributed by atoms with Crippen molar-refractivity contribution < 1.29 is 9.90 Å². The Labute approximate surface area is 162 Å². The number of nitrogens with one attached hydrogen (secondary N) is 3. The summed E-state index contributed by atoms with van der Waals surface area (Å²) in [6, 6.07) is -0.100. The second kappa shape index (κ2) is 7.79. The molecule has 2 aromatic heterocycles. The standard InChI is InChI=1S/C17H27N7O4/c1-8(2)9(3)18-10-11(16(27)24(7)21-15(10)26)19-14-13(25)12(23(6)20-14)17(28)22(4)5/h8-9,18,25H,1-7H3,(H,19,20)(H,21,26). The Hall–Kier alpha value is -3.24. The van der Waals surface area contributed by atoms with E-state index < -0.39 is 22.8 Å². The smallest absolute Gasteiger partial charge is 0.290 e. The highest BCUT2D eigenvalue weighted by molar-refractivity contribution is 5.97. The van der Waals surface area contributed by atoms with Crippen molar-refractivity contribution in [1.82, 2.24) is 24.5 Å². The number of aryl methyl sites for hydroxylation is 2. The molecule has 0 aromatic carbocycles. The highest BCUT2D eigenvalue weighted by Crippen LogP contribution is 2.30. The largest absolute Gasteiger partial charge is 0.503 e. The first-order valence-corrected chi connectivity index (χ1v) is 8.80. The zero-order valence-electron chi connectivity index (χ0n) is 17.1. The van der Waals surface area contributed by atoms with E-state index in [9.17, 15) is 19.5 Å². The first-order valence-electron chi connectivity index (χ1n) is 8.80.